The first-order valence-electron chi connectivity index (χ1n) is 10.7. The van der Waals surface area contributed by atoms with Crippen molar-refractivity contribution in [2.24, 2.45) is 10.9 Å². The number of hydrogen-bond acceptors (Lipinski definition) is 7. The molecule has 9 nitrogen and oxygen atoms in total. The van der Waals surface area contributed by atoms with Crippen LogP contribution < -0.4 is 20.3 Å². The molecule has 0 saturated carbocycles. The molecule has 0 radical (unpaired) electrons. The van der Waals surface area contributed by atoms with E-state index in [1.807, 2.05) is 24.3 Å². The number of nitrogens with one attached hydrogen (secondary N) is 2. The summed E-state index contributed by atoms with van der Waals surface area (Å²) in [6, 6.07) is 17.6. The predicted octanol–water partition coefficient (Wildman–Crippen LogP) is 4.75. The summed E-state index contributed by atoms with van der Waals surface area (Å²) in [4.78, 5) is 22.4. The molecule has 4 N–H and O–H groups in total. The lowest BCUT2D eigenvalue weighted by Crippen LogP contribution is -2.27. The molecule has 0 aliphatic carbocycles. The Labute approximate surface area is 215 Å². The second-order valence-corrected chi connectivity index (χ2v) is 8.97. The van der Waals surface area contributed by atoms with Gasteiger partial charge in [-0.1, -0.05) is 18.2 Å². The number of methoxy groups -OCH3 is 2. The number of ether oxygens (including phenoxy) is 2. The van der Waals surface area contributed by atoms with Crippen molar-refractivity contribution >= 4 is 45.8 Å². The number of rotatable bonds is 8. The van der Waals surface area contributed by atoms with Crippen LogP contribution in [0.3, 0.4) is 0 Å². The predicted molar refractivity (Wildman–Crippen MR) is 140 cm³/mol. The van der Waals surface area contributed by atoms with Crippen LogP contribution in [0.5, 0.6) is 17.2 Å². The van der Waals surface area contributed by atoms with Crippen LogP contribution in [0.15, 0.2) is 65.7 Å². The zero-order valence-electron chi connectivity index (χ0n) is 19.0. The number of aromatic carboxylic acids is 1. The molecule has 2 unspecified atom stereocenters. The fraction of sp³-hybridized carbons (Fsp3) is 0.200. The Bertz CT molecular complexity index is 1270. The number of aromatic hydroxyl groups is 1. The van der Waals surface area contributed by atoms with Crippen molar-refractivity contribution in [3.05, 3.63) is 75.4 Å². The van der Waals surface area contributed by atoms with Crippen LogP contribution in [0.2, 0.25) is 0 Å². The Balaban J connectivity index is 1.72. The SMILES string of the molecule is COc1cc(C2ONC(=Nc3ccc(I)cc3C(=O)O)C2CNc2ccccc2OC)ccc1O. The maximum Gasteiger partial charge on any atom is 0.337 e. The van der Waals surface area contributed by atoms with E-state index in [0.717, 1.165) is 14.8 Å². The van der Waals surface area contributed by atoms with Crippen molar-refractivity contribution in [2.45, 2.75) is 6.10 Å². The van der Waals surface area contributed by atoms with Crippen LogP contribution in [-0.2, 0) is 4.84 Å². The third-order valence-electron chi connectivity index (χ3n) is 5.59. The molecule has 3 aromatic carbocycles. The summed E-state index contributed by atoms with van der Waals surface area (Å²) < 4.78 is 11.5. The zero-order chi connectivity index (χ0) is 24.9. The average Bonchev–Trinajstić information content (AvgIpc) is 3.26. The van der Waals surface area contributed by atoms with Crippen molar-refractivity contribution in [1.29, 1.82) is 0 Å². The summed E-state index contributed by atoms with van der Waals surface area (Å²) in [7, 11) is 3.08. The number of nitrogens with zero attached hydrogens (tertiary/aromatic N) is 1. The van der Waals surface area contributed by atoms with Gasteiger partial charge in [-0.25, -0.2) is 9.79 Å². The fourth-order valence-electron chi connectivity index (χ4n) is 3.82. The number of carboxylic acids is 1. The number of carboxylic acid groups (broad SMARTS) is 1. The molecule has 0 bridgehead atoms. The maximum atomic E-state index is 11.8. The highest BCUT2D eigenvalue weighted by molar-refractivity contribution is 14.1. The van der Waals surface area contributed by atoms with Gasteiger partial charge < -0.3 is 25.0 Å². The number of phenols is 1. The largest absolute Gasteiger partial charge is 0.504 e. The normalized spacial score (nSPS) is 18.2. The van der Waals surface area contributed by atoms with E-state index in [1.54, 1.807) is 43.5 Å². The summed E-state index contributed by atoms with van der Waals surface area (Å²) in [6.45, 7) is 0.396. The summed E-state index contributed by atoms with van der Waals surface area (Å²) in [5, 5.41) is 23.1. The van der Waals surface area contributed by atoms with E-state index in [2.05, 4.69) is 38.4 Å². The van der Waals surface area contributed by atoms with E-state index in [-0.39, 0.29) is 17.2 Å². The average molecular weight is 589 g/mol. The third kappa shape index (κ3) is 5.43. The summed E-state index contributed by atoms with van der Waals surface area (Å²) in [5.74, 6) is 0.0866. The van der Waals surface area contributed by atoms with E-state index in [1.165, 1.54) is 7.11 Å². The van der Waals surface area contributed by atoms with Gasteiger partial charge in [-0.15, -0.1) is 0 Å². The van der Waals surface area contributed by atoms with E-state index in [4.69, 9.17) is 14.3 Å². The monoisotopic (exact) mass is 589 g/mol. The van der Waals surface area contributed by atoms with Crippen molar-refractivity contribution in [3.8, 4) is 17.2 Å². The summed E-state index contributed by atoms with van der Waals surface area (Å²) in [6.07, 6.45) is -0.498. The fourth-order valence-corrected chi connectivity index (χ4v) is 4.31. The number of halogens is 1. The highest BCUT2D eigenvalue weighted by Crippen LogP contribution is 2.37. The van der Waals surface area contributed by atoms with E-state index >= 15 is 0 Å². The van der Waals surface area contributed by atoms with Gasteiger partial charge in [0.05, 0.1) is 37.1 Å². The van der Waals surface area contributed by atoms with Crippen LogP contribution in [0.25, 0.3) is 0 Å². The van der Waals surface area contributed by atoms with Crippen LogP contribution in [-0.4, -0.2) is 42.8 Å². The molecule has 10 heteroatoms. The number of anilines is 1. The van der Waals surface area contributed by atoms with Gasteiger partial charge in [0.25, 0.3) is 0 Å². The molecule has 4 rings (SSSR count). The molecule has 182 valence electrons. The Hall–Kier alpha value is -3.51. The number of para-hydroxylation sites is 2. The number of hydroxylamine groups is 1. The van der Waals surface area contributed by atoms with E-state index < -0.39 is 12.1 Å². The standard InChI is InChI=1S/C25H24IN3O6/c1-33-21-6-4-3-5-19(21)27-13-17-23(14-7-10-20(30)22(11-14)34-2)35-29-24(17)28-18-9-8-15(26)12-16(18)25(31)32/h3-12,17,23,27,30H,13H2,1-2H3,(H,28,29)(H,31,32). The molecule has 1 saturated heterocycles. The minimum Gasteiger partial charge on any atom is -0.504 e. The minimum absolute atomic E-state index is 0.0183. The van der Waals surface area contributed by atoms with Gasteiger partial charge in [-0.3, -0.25) is 10.3 Å². The summed E-state index contributed by atoms with van der Waals surface area (Å²) in [5.41, 5.74) is 4.84. The van der Waals surface area contributed by atoms with Gasteiger partial charge in [0, 0.05) is 10.1 Å². The van der Waals surface area contributed by atoms with Crippen molar-refractivity contribution in [2.75, 3.05) is 26.1 Å². The highest BCUT2D eigenvalue weighted by Gasteiger charge is 2.36. The summed E-state index contributed by atoms with van der Waals surface area (Å²) >= 11 is 2.06. The molecular formula is C25H24IN3O6. The number of aliphatic imine (C=N–C) groups is 1. The Morgan fingerprint density at radius 2 is 1.89 bits per heavy atom. The molecular weight excluding hydrogens is 565 g/mol. The van der Waals surface area contributed by atoms with Gasteiger partial charge in [-0.05, 0) is 70.6 Å². The van der Waals surface area contributed by atoms with Crippen LogP contribution in [0.1, 0.15) is 22.0 Å². The first-order valence-corrected chi connectivity index (χ1v) is 11.8. The smallest absolute Gasteiger partial charge is 0.337 e. The van der Waals surface area contributed by atoms with Crippen LogP contribution >= 0.6 is 22.6 Å². The second kappa shape index (κ2) is 10.8. The molecule has 1 aliphatic rings. The molecule has 1 heterocycles. The molecule has 1 aliphatic heterocycles. The molecule has 1 fully saturated rings. The quantitative estimate of drug-likeness (QED) is 0.278. The lowest BCUT2D eigenvalue weighted by atomic mass is 9.94. The number of phenolic OH excluding ortho intramolecular Hbond substituents is 1. The van der Waals surface area contributed by atoms with Gasteiger partial charge in [0.2, 0.25) is 0 Å². The van der Waals surface area contributed by atoms with Crippen molar-refractivity contribution in [1.82, 2.24) is 5.48 Å². The Kier molecular flexibility index (Phi) is 7.61. The lowest BCUT2D eigenvalue weighted by molar-refractivity contribution is 0.0294. The topological polar surface area (TPSA) is 122 Å². The lowest BCUT2D eigenvalue weighted by Gasteiger charge is -2.20. The molecule has 35 heavy (non-hydrogen) atoms. The Morgan fingerprint density at radius 1 is 1.11 bits per heavy atom. The Morgan fingerprint density at radius 3 is 2.63 bits per heavy atom. The molecule has 0 amide bonds. The second-order valence-electron chi connectivity index (χ2n) is 7.72. The molecule has 2 atom stereocenters. The third-order valence-corrected chi connectivity index (χ3v) is 6.26. The molecule has 0 aromatic heterocycles. The van der Waals surface area contributed by atoms with E-state index in [9.17, 15) is 15.0 Å². The molecule has 0 spiro atoms. The van der Waals surface area contributed by atoms with Crippen LogP contribution in [0.4, 0.5) is 11.4 Å². The first kappa shape index (κ1) is 24.6. The maximum absolute atomic E-state index is 11.8. The number of amidine groups is 1. The van der Waals surface area contributed by atoms with Crippen molar-refractivity contribution < 1.29 is 29.3 Å². The van der Waals surface area contributed by atoms with E-state index in [0.29, 0.717) is 29.6 Å². The van der Waals surface area contributed by atoms with Gasteiger partial charge in [-0.2, -0.15) is 0 Å². The number of hydrogen-bond donors (Lipinski definition) is 4. The van der Waals surface area contributed by atoms with Gasteiger partial charge >= 0.3 is 5.97 Å². The highest BCUT2D eigenvalue weighted by atomic mass is 127. The number of carbonyl (C=O) groups is 1. The molecule has 3 aromatic rings. The number of benzene rings is 3. The van der Waals surface area contributed by atoms with Gasteiger partial charge in [0.15, 0.2) is 11.5 Å². The first-order chi connectivity index (χ1) is 16.9. The minimum atomic E-state index is -1.06. The zero-order valence-corrected chi connectivity index (χ0v) is 21.1. The van der Waals surface area contributed by atoms with Crippen LogP contribution in [0, 0.1) is 9.49 Å². The van der Waals surface area contributed by atoms with Gasteiger partial charge in [0.1, 0.15) is 17.7 Å². The van der Waals surface area contributed by atoms with Crippen molar-refractivity contribution in [3.63, 3.8) is 0 Å².